The van der Waals surface area contributed by atoms with Crippen LogP contribution in [0.25, 0.3) is 0 Å². The fourth-order valence-corrected chi connectivity index (χ4v) is 2.76. The lowest BCUT2D eigenvalue weighted by molar-refractivity contribution is 0.0697. The number of anilines is 1. The van der Waals surface area contributed by atoms with Gasteiger partial charge >= 0.3 is 5.97 Å². The molecule has 1 N–H and O–H groups in total. The van der Waals surface area contributed by atoms with E-state index < -0.39 is 5.97 Å². The molecule has 0 saturated carbocycles. The van der Waals surface area contributed by atoms with Gasteiger partial charge < -0.3 is 10.0 Å². The summed E-state index contributed by atoms with van der Waals surface area (Å²) in [4.78, 5) is 13.2. The van der Waals surface area contributed by atoms with E-state index in [9.17, 15) is 4.79 Å². The minimum Gasteiger partial charge on any atom is -0.478 e. The normalized spacial score (nSPS) is 24.1. The molecule has 1 aliphatic rings. The number of hydrogen-bond acceptors (Lipinski definition) is 2. The molecule has 3 nitrogen and oxygen atoms in total. The minimum atomic E-state index is -0.980. The Balaban J connectivity index is 2.28. The molecule has 1 aliphatic heterocycles. The van der Waals surface area contributed by atoms with Gasteiger partial charge in [0.1, 0.15) is 0 Å². The fourth-order valence-electron chi connectivity index (χ4n) is 2.50. The number of benzene rings is 1. The zero-order chi connectivity index (χ0) is 13.3. The van der Waals surface area contributed by atoms with Crippen molar-refractivity contribution in [1.82, 2.24) is 0 Å². The predicted molar refractivity (Wildman–Crippen MR) is 73.6 cm³/mol. The maximum Gasteiger partial charge on any atom is 0.337 e. The molecule has 2 unspecified atom stereocenters. The monoisotopic (exact) mass is 267 g/mol. The Hall–Kier alpha value is -1.22. The highest BCUT2D eigenvalue weighted by Crippen LogP contribution is 2.30. The topological polar surface area (TPSA) is 40.5 Å². The second kappa shape index (κ2) is 5.19. The van der Waals surface area contributed by atoms with Crippen LogP contribution in [0.15, 0.2) is 18.2 Å². The van der Waals surface area contributed by atoms with Crippen LogP contribution in [0, 0.1) is 5.92 Å². The average Bonchev–Trinajstić information content (AvgIpc) is 2.31. The summed E-state index contributed by atoms with van der Waals surface area (Å²) in [5, 5.41) is 9.27. The van der Waals surface area contributed by atoms with Gasteiger partial charge in [-0.1, -0.05) is 18.5 Å². The number of nitrogens with zero attached hydrogens (tertiary/aromatic N) is 1. The smallest absolute Gasteiger partial charge is 0.337 e. The van der Waals surface area contributed by atoms with Gasteiger partial charge in [0.2, 0.25) is 0 Å². The molecular weight excluding hydrogens is 250 g/mol. The number of aromatic carboxylic acids is 1. The molecule has 1 aromatic carbocycles. The first kappa shape index (κ1) is 13.2. The van der Waals surface area contributed by atoms with Gasteiger partial charge in [-0.25, -0.2) is 4.79 Å². The van der Waals surface area contributed by atoms with Gasteiger partial charge in [0.25, 0.3) is 0 Å². The Morgan fingerprint density at radius 3 is 2.72 bits per heavy atom. The number of rotatable bonds is 2. The molecule has 1 aromatic rings. The predicted octanol–water partition coefficient (Wildman–Crippen LogP) is 3.66. The van der Waals surface area contributed by atoms with Crippen molar-refractivity contribution in [2.45, 2.75) is 32.7 Å². The van der Waals surface area contributed by atoms with Crippen LogP contribution in [-0.2, 0) is 0 Å². The van der Waals surface area contributed by atoms with Crippen LogP contribution in [0.3, 0.4) is 0 Å². The average molecular weight is 268 g/mol. The molecule has 1 saturated heterocycles. The van der Waals surface area contributed by atoms with Crippen molar-refractivity contribution >= 4 is 23.3 Å². The number of hydrogen-bond donors (Lipinski definition) is 1. The lowest BCUT2D eigenvalue weighted by Crippen LogP contribution is -2.41. The van der Waals surface area contributed by atoms with Gasteiger partial charge in [0.15, 0.2) is 0 Å². The third kappa shape index (κ3) is 2.61. The maximum absolute atomic E-state index is 10.9. The molecule has 1 fully saturated rings. The quantitative estimate of drug-likeness (QED) is 0.889. The Bertz CT molecular complexity index is 461. The number of piperidine rings is 1. The molecule has 0 radical (unpaired) electrons. The van der Waals surface area contributed by atoms with E-state index in [1.54, 1.807) is 12.1 Å². The Kier molecular flexibility index (Phi) is 3.81. The third-order valence-corrected chi connectivity index (χ3v) is 3.95. The fraction of sp³-hybridized carbons (Fsp3) is 0.500. The standard InChI is InChI=1S/C14H18ClNO2/c1-9-3-4-10(2)16(8-9)11-5-6-12(14(17)18)13(15)7-11/h5-7,9-10H,3-4,8H2,1-2H3,(H,17,18). The molecular formula is C14H18ClNO2. The number of carbonyl (C=O) groups is 1. The van der Waals surface area contributed by atoms with Gasteiger partial charge in [-0.3, -0.25) is 0 Å². The van der Waals surface area contributed by atoms with E-state index in [0.717, 1.165) is 12.2 Å². The molecule has 0 spiro atoms. The van der Waals surface area contributed by atoms with Gasteiger partial charge in [-0.15, -0.1) is 0 Å². The maximum atomic E-state index is 10.9. The summed E-state index contributed by atoms with van der Waals surface area (Å²) >= 11 is 6.02. The summed E-state index contributed by atoms with van der Waals surface area (Å²) < 4.78 is 0. The van der Waals surface area contributed by atoms with Crippen molar-refractivity contribution in [3.63, 3.8) is 0 Å². The molecule has 0 aliphatic carbocycles. The summed E-state index contributed by atoms with van der Waals surface area (Å²) in [6, 6.07) is 5.68. The van der Waals surface area contributed by atoms with E-state index in [0.29, 0.717) is 17.0 Å². The third-order valence-electron chi connectivity index (χ3n) is 3.63. The number of carboxylic acids is 1. The van der Waals surface area contributed by atoms with E-state index in [2.05, 4.69) is 18.7 Å². The van der Waals surface area contributed by atoms with Crippen molar-refractivity contribution in [1.29, 1.82) is 0 Å². The Morgan fingerprint density at radius 1 is 1.39 bits per heavy atom. The lowest BCUT2D eigenvalue weighted by Gasteiger charge is -2.38. The lowest BCUT2D eigenvalue weighted by atomic mass is 9.94. The van der Waals surface area contributed by atoms with Crippen molar-refractivity contribution in [2.75, 3.05) is 11.4 Å². The first-order valence-electron chi connectivity index (χ1n) is 6.28. The van der Waals surface area contributed by atoms with Crippen molar-refractivity contribution in [2.24, 2.45) is 5.92 Å². The second-order valence-corrected chi connectivity index (χ2v) is 5.56. The minimum absolute atomic E-state index is 0.165. The zero-order valence-corrected chi connectivity index (χ0v) is 11.4. The largest absolute Gasteiger partial charge is 0.478 e. The Morgan fingerprint density at radius 2 is 2.11 bits per heavy atom. The van der Waals surface area contributed by atoms with E-state index in [-0.39, 0.29) is 5.56 Å². The summed E-state index contributed by atoms with van der Waals surface area (Å²) in [7, 11) is 0. The molecule has 0 aromatic heterocycles. The summed E-state index contributed by atoms with van der Waals surface area (Å²) in [5.74, 6) is -0.314. The summed E-state index contributed by atoms with van der Waals surface area (Å²) in [5.41, 5.74) is 1.18. The molecule has 4 heteroatoms. The highest BCUT2D eigenvalue weighted by atomic mass is 35.5. The van der Waals surface area contributed by atoms with E-state index >= 15 is 0 Å². The summed E-state index contributed by atoms with van der Waals surface area (Å²) in [6.07, 6.45) is 2.41. The second-order valence-electron chi connectivity index (χ2n) is 5.15. The molecule has 0 bridgehead atoms. The van der Waals surface area contributed by atoms with Crippen LogP contribution >= 0.6 is 11.6 Å². The molecule has 1 heterocycles. The first-order chi connectivity index (χ1) is 8.49. The van der Waals surface area contributed by atoms with Gasteiger partial charge in [-0.05, 0) is 43.9 Å². The van der Waals surface area contributed by atoms with Crippen LogP contribution in [0.5, 0.6) is 0 Å². The number of halogens is 1. The van der Waals surface area contributed by atoms with Crippen molar-refractivity contribution in [3.05, 3.63) is 28.8 Å². The van der Waals surface area contributed by atoms with E-state index in [4.69, 9.17) is 16.7 Å². The SMILES string of the molecule is CC1CCC(C)N(c2ccc(C(=O)O)c(Cl)c2)C1. The van der Waals surface area contributed by atoms with E-state index in [1.165, 1.54) is 12.8 Å². The van der Waals surface area contributed by atoms with Crippen molar-refractivity contribution < 1.29 is 9.90 Å². The zero-order valence-electron chi connectivity index (χ0n) is 10.7. The van der Waals surface area contributed by atoms with Crippen LogP contribution < -0.4 is 4.90 Å². The molecule has 2 rings (SSSR count). The van der Waals surface area contributed by atoms with Crippen LogP contribution in [0.2, 0.25) is 5.02 Å². The van der Waals surface area contributed by atoms with E-state index in [1.807, 2.05) is 6.07 Å². The Labute approximate surface area is 112 Å². The van der Waals surface area contributed by atoms with Gasteiger partial charge in [0.05, 0.1) is 10.6 Å². The van der Waals surface area contributed by atoms with Crippen LogP contribution in [0.4, 0.5) is 5.69 Å². The molecule has 2 atom stereocenters. The van der Waals surface area contributed by atoms with Crippen LogP contribution in [0.1, 0.15) is 37.0 Å². The molecule has 0 amide bonds. The van der Waals surface area contributed by atoms with Gasteiger partial charge in [-0.2, -0.15) is 0 Å². The molecule has 98 valence electrons. The molecule has 18 heavy (non-hydrogen) atoms. The van der Waals surface area contributed by atoms with Crippen molar-refractivity contribution in [3.8, 4) is 0 Å². The highest BCUT2D eigenvalue weighted by Gasteiger charge is 2.23. The first-order valence-corrected chi connectivity index (χ1v) is 6.66. The number of carboxylic acid groups (broad SMARTS) is 1. The summed E-state index contributed by atoms with van der Waals surface area (Å²) in [6.45, 7) is 5.45. The highest BCUT2D eigenvalue weighted by molar-refractivity contribution is 6.33. The van der Waals surface area contributed by atoms with Gasteiger partial charge in [0, 0.05) is 18.3 Å². The van der Waals surface area contributed by atoms with Crippen LogP contribution in [-0.4, -0.2) is 23.7 Å².